The molecule has 168 valence electrons. The first kappa shape index (κ1) is 21.9. The van der Waals surface area contributed by atoms with Crippen molar-refractivity contribution >= 4 is 23.1 Å². The number of likely N-dealkylation sites (tertiary alicyclic amines) is 1. The molecule has 1 saturated heterocycles. The minimum atomic E-state index is -0.671. The number of likely N-dealkylation sites (N-methyl/N-ethyl adjacent to an activating group) is 1. The Kier molecular flexibility index (Phi) is 6.19. The van der Waals surface area contributed by atoms with Crippen molar-refractivity contribution in [1.82, 2.24) is 4.90 Å². The molecule has 0 spiro atoms. The number of ether oxygens (including phenoxy) is 2. The molecule has 7 heteroatoms. The number of nitrogens with zero attached hydrogens (tertiary/aromatic N) is 2. The summed E-state index contributed by atoms with van der Waals surface area (Å²) >= 11 is 0. The van der Waals surface area contributed by atoms with E-state index in [-0.39, 0.29) is 11.3 Å². The van der Waals surface area contributed by atoms with E-state index in [2.05, 4.69) is 0 Å². The second-order valence-corrected chi connectivity index (χ2v) is 8.15. The summed E-state index contributed by atoms with van der Waals surface area (Å²) in [5.41, 5.74) is 3.20. The van der Waals surface area contributed by atoms with Gasteiger partial charge in [0.05, 0.1) is 23.8 Å². The zero-order valence-corrected chi connectivity index (χ0v) is 18.6. The van der Waals surface area contributed by atoms with Crippen molar-refractivity contribution in [3.05, 3.63) is 64.7 Å². The molecule has 0 saturated carbocycles. The van der Waals surface area contributed by atoms with Gasteiger partial charge in [0.25, 0.3) is 11.7 Å². The van der Waals surface area contributed by atoms with Crippen molar-refractivity contribution in [2.75, 3.05) is 45.4 Å². The Morgan fingerprint density at radius 2 is 2.00 bits per heavy atom. The van der Waals surface area contributed by atoms with Crippen LogP contribution in [0.15, 0.2) is 48.0 Å². The van der Waals surface area contributed by atoms with Gasteiger partial charge in [-0.05, 0) is 42.7 Å². The number of aryl methyl sites for hydroxylation is 1. The number of aliphatic hydroxyl groups excluding tert-OH is 1. The van der Waals surface area contributed by atoms with Crippen LogP contribution in [0.4, 0.5) is 5.69 Å². The first-order valence-electron chi connectivity index (χ1n) is 10.7. The first-order valence-corrected chi connectivity index (χ1v) is 10.7. The van der Waals surface area contributed by atoms with Crippen LogP contribution in [0.2, 0.25) is 0 Å². The van der Waals surface area contributed by atoms with Crippen LogP contribution in [0.1, 0.15) is 29.2 Å². The molecular weight excluding hydrogens is 408 g/mol. The number of methoxy groups -OCH3 is 1. The molecule has 2 heterocycles. The van der Waals surface area contributed by atoms with E-state index >= 15 is 0 Å². The van der Waals surface area contributed by atoms with Gasteiger partial charge in [-0.15, -0.1) is 0 Å². The fourth-order valence-corrected chi connectivity index (χ4v) is 4.36. The van der Waals surface area contributed by atoms with E-state index in [1.807, 2.05) is 43.1 Å². The number of Topliss-reactive ketones (excluding diaryl/α,β-unsaturated/α-hetero) is 1. The number of hydrogen-bond donors (Lipinski definition) is 1. The van der Waals surface area contributed by atoms with E-state index in [1.54, 1.807) is 30.2 Å². The predicted octanol–water partition coefficient (Wildman–Crippen LogP) is 3.28. The highest BCUT2D eigenvalue weighted by Crippen LogP contribution is 2.42. The van der Waals surface area contributed by atoms with Crippen LogP contribution in [-0.4, -0.2) is 62.2 Å². The summed E-state index contributed by atoms with van der Waals surface area (Å²) in [5.74, 6) is -0.719. The fraction of sp³-hybridized carbons (Fsp3) is 0.360. The minimum absolute atomic E-state index is 0.112. The molecule has 7 nitrogen and oxygen atoms in total. The standard InChI is InChI=1S/C25H28N2O5/c1-16-7-4-5-8-18(16)22-21(24(29)25(30)27(22)11-6-13-31-3)23(28)17-9-10-20-19(15-17)26(2)12-14-32-20/h4-5,7-10,15,22,28H,6,11-14H2,1-3H3/b23-21+. The van der Waals surface area contributed by atoms with Crippen molar-refractivity contribution in [3.63, 3.8) is 0 Å². The third-order valence-electron chi connectivity index (χ3n) is 6.10. The zero-order chi connectivity index (χ0) is 22.8. The fourth-order valence-electron chi connectivity index (χ4n) is 4.36. The Morgan fingerprint density at radius 1 is 1.22 bits per heavy atom. The third kappa shape index (κ3) is 3.84. The number of aliphatic hydroxyl groups is 1. The monoisotopic (exact) mass is 436 g/mol. The maximum absolute atomic E-state index is 13.1. The SMILES string of the molecule is COCCCN1C(=O)C(=O)/C(=C(/O)c2ccc3c(c2)N(C)CCO3)C1c1ccccc1C. The number of hydrogen-bond acceptors (Lipinski definition) is 6. The van der Waals surface area contributed by atoms with Gasteiger partial charge < -0.3 is 24.4 Å². The first-order chi connectivity index (χ1) is 15.4. The van der Waals surface area contributed by atoms with E-state index < -0.39 is 17.7 Å². The van der Waals surface area contributed by atoms with Crippen LogP contribution in [-0.2, 0) is 14.3 Å². The Hall–Kier alpha value is -3.32. The Bertz CT molecular complexity index is 1080. The quantitative estimate of drug-likeness (QED) is 0.324. The summed E-state index contributed by atoms with van der Waals surface area (Å²) in [4.78, 5) is 29.7. The molecule has 4 rings (SSSR count). The molecular formula is C25H28N2O5. The van der Waals surface area contributed by atoms with E-state index in [1.165, 1.54) is 0 Å². The second-order valence-electron chi connectivity index (χ2n) is 8.15. The lowest BCUT2D eigenvalue weighted by molar-refractivity contribution is -0.140. The molecule has 32 heavy (non-hydrogen) atoms. The Morgan fingerprint density at radius 3 is 2.75 bits per heavy atom. The van der Waals surface area contributed by atoms with Gasteiger partial charge in [-0.25, -0.2) is 0 Å². The summed E-state index contributed by atoms with van der Waals surface area (Å²) in [7, 11) is 3.55. The highest BCUT2D eigenvalue weighted by atomic mass is 16.5. The van der Waals surface area contributed by atoms with E-state index in [0.29, 0.717) is 31.7 Å². The van der Waals surface area contributed by atoms with Gasteiger partial charge >= 0.3 is 0 Å². The second kappa shape index (κ2) is 9.04. The van der Waals surface area contributed by atoms with Gasteiger partial charge in [0.15, 0.2) is 0 Å². The van der Waals surface area contributed by atoms with Crippen molar-refractivity contribution in [2.45, 2.75) is 19.4 Å². The van der Waals surface area contributed by atoms with Crippen LogP contribution in [0.25, 0.3) is 5.76 Å². The molecule has 2 aromatic rings. The summed E-state index contributed by atoms with van der Waals surface area (Å²) in [6.07, 6.45) is 0.590. The van der Waals surface area contributed by atoms with Crippen LogP contribution >= 0.6 is 0 Å². The predicted molar refractivity (Wildman–Crippen MR) is 122 cm³/mol. The zero-order valence-electron chi connectivity index (χ0n) is 18.6. The highest BCUT2D eigenvalue weighted by molar-refractivity contribution is 6.46. The van der Waals surface area contributed by atoms with E-state index in [0.717, 1.165) is 29.1 Å². The molecule has 0 aromatic heterocycles. The number of anilines is 1. The molecule has 2 aliphatic rings. The van der Waals surface area contributed by atoms with Crippen molar-refractivity contribution in [2.24, 2.45) is 0 Å². The molecule has 1 N–H and O–H groups in total. The van der Waals surface area contributed by atoms with Crippen molar-refractivity contribution in [1.29, 1.82) is 0 Å². The summed E-state index contributed by atoms with van der Waals surface area (Å²) in [5, 5.41) is 11.3. The normalized spacial score (nSPS) is 19.8. The molecule has 0 aliphatic carbocycles. The number of rotatable bonds is 6. The molecule has 1 unspecified atom stereocenters. The van der Waals surface area contributed by atoms with Crippen LogP contribution < -0.4 is 9.64 Å². The number of fused-ring (bicyclic) bond motifs is 1. The number of benzene rings is 2. The Balaban J connectivity index is 1.83. The molecule has 2 aliphatic heterocycles. The van der Waals surface area contributed by atoms with Crippen molar-refractivity contribution < 1.29 is 24.2 Å². The smallest absolute Gasteiger partial charge is 0.295 e. The van der Waals surface area contributed by atoms with Gasteiger partial charge in [0.2, 0.25) is 0 Å². The molecule has 1 amide bonds. The number of amides is 1. The highest BCUT2D eigenvalue weighted by Gasteiger charge is 2.46. The number of carbonyl (C=O) groups is 2. The largest absolute Gasteiger partial charge is 0.507 e. The summed E-state index contributed by atoms with van der Waals surface area (Å²) < 4.78 is 10.8. The van der Waals surface area contributed by atoms with Gasteiger partial charge in [-0.1, -0.05) is 24.3 Å². The Labute approximate surface area is 187 Å². The van der Waals surface area contributed by atoms with Crippen LogP contribution in [0, 0.1) is 6.92 Å². The van der Waals surface area contributed by atoms with Crippen LogP contribution in [0.5, 0.6) is 5.75 Å². The lowest BCUT2D eigenvalue weighted by Crippen LogP contribution is -2.31. The molecule has 0 bridgehead atoms. The molecule has 1 atom stereocenters. The topological polar surface area (TPSA) is 79.3 Å². The van der Waals surface area contributed by atoms with E-state index in [4.69, 9.17) is 9.47 Å². The van der Waals surface area contributed by atoms with Gasteiger partial charge in [-0.2, -0.15) is 0 Å². The maximum Gasteiger partial charge on any atom is 0.295 e. The number of carbonyl (C=O) groups excluding carboxylic acids is 2. The molecule has 2 aromatic carbocycles. The maximum atomic E-state index is 13.1. The van der Waals surface area contributed by atoms with Crippen molar-refractivity contribution in [3.8, 4) is 5.75 Å². The third-order valence-corrected chi connectivity index (χ3v) is 6.10. The summed E-state index contributed by atoms with van der Waals surface area (Å²) in [6, 6.07) is 12.3. The van der Waals surface area contributed by atoms with E-state index in [9.17, 15) is 14.7 Å². The lowest BCUT2D eigenvalue weighted by atomic mass is 9.92. The van der Waals surface area contributed by atoms with Gasteiger partial charge in [0, 0.05) is 32.9 Å². The molecule has 1 fully saturated rings. The average molecular weight is 437 g/mol. The molecule has 0 radical (unpaired) electrons. The summed E-state index contributed by atoms with van der Waals surface area (Å²) in [6.45, 7) is 4.09. The van der Waals surface area contributed by atoms with Gasteiger partial charge in [-0.3, -0.25) is 9.59 Å². The number of ketones is 1. The lowest BCUT2D eigenvalue weighted by Gasteiger charge is -2.28. The van der Waals surface area contributed by atoms with Crippen LogP contribution in [0.3, 0.4) is 0 Å². The average Bonchev–Trinajstić information content (AvgIpc) is 3.04. The minimum Gasteiger partial charge on any atom is -0.507 e. The van der Waals surface area contributed by atoms with Gasteiger partial charge in [0.1, 0.15) is 18.1 Å².